The minimum absolute atomic E-state index is 0.514. The zero-order valence-electron chi connectivity index (χ0n) is 7.89. The third-order valence-electron chi connectivity index (χ3n) is 2.73. The Kier molecular flexibility index (Phi) is 2.00. The van der Waals surface area contributed by atoms with Gasteiger partial charge in [-0.15, -0.1) is 0 Å². The van der Waals surface area contributed by atoms with E-state index in [0.717, 1.165) is 22.9 Å². The van der Waals surface area contributed by atoms with Crippen LogP contribution in [0.1, 0.15) is 29.5 Å². The van der Waals surface area contributed by atoms with E-state index in [0.29, 0.717) is 0 Å². The Labute approximate surface area is 86.9 Å². The normalized spacial score (nSPS) is 18.8. The summed E-state index contributed by atoms with van der Waals surface area (Å²) in [6, 6.07) is 4.17. The molecule has 0 unspecified atom stereocenters. The van der Waals surface area contributed by atoms with Crippen molar-refractivity contribution in [2.45, 2.75) is 32.3 Å². The first-order chi connectivity index (χ1) is 6.03. The molecule has 0 spiro atoms. The van der Waals surface area contributed by atoms with Crippen molar-refractivity contribution >= 4 is 15.9 Å². The highest BCUT2D eigenvalue weighted by Gasteiger charge is 2.43. The highest BCUT2D eigenvalue weighted by atomic mass is 79.9. The highest BCUT2D eigenvalue weighted by Crippen LogP contribution is 2.47. The fraction of sp³-hybridized carbons (Fsp3) is 0.455. The van der Waals surface area contributed by atoms with E-state index >= 15 is 0 Å². The molecular formula is C11H13BrO. The van der Waals surface area contributed by atoms with Crippen LogP contribution in [0.5, 0.6) is 0 Å². The molecule has 0 saturated heterocycles. The summed E-state index contributed by atoms with van der Waals surface area (Å²) in [5, 5.41) is 9.98. The smallest absolute Gasteiger partial charge is 0.0901 e. The lowest BCUT2D eigenvalue weighted by Gasteiger charge is -2.13. The van der Waals surface area contributed by atoms with Gasteiger partial charge in [-0.25, -0.2) is 0 Å². The molecule has 0 aromatic heterocycles. The minimum atomic E-state index is -0.514. The maximum atomic E-state index is 9.98. The second kappa shape index (κ2) is 2.82. The topological polar surface area (TPSA) is 20.2 Å². The van der Waals surface area contributed by atoms with Crippen molar-refractivity contribution in [2.24, 2.45) is 0 Å². The largest absolute Gasteiger partial charge is 0.385 e. The monoisotopic (exact) mass is 240 g/mol. The summed E-state index contributed by atoms with van der Waals surface area (Å²) in [7, 11) is 0. The second-order valence-corrected chi connectivity index (χ2v) is 4.80. The summed E-state index contributed by atoms with van der Waals surface area (Å²) in [6.07, 6.45) is 1.81. The van der Waals surface area contributed by atoms with Gasteiger partial charge in [0.25, 0.3) is 0 Å². The summed E-state index contributed by atoms with van der Waals surface area (Å²) in [4.78, 5) is 0. The quantitative estimate of drug-likeness (QED) is 0.801. The Hall–Kier alpha value is -0.340. The van der Waals surface area contributed by atoms with Gasteiger partial charge in [-0.05, 0) is 49.4 Å². The van der Waals surface area contributed by atoms with E-state index in [9.17, 15) is 5.11 Å². The van der Waals surface area contributed by atoms with Gasteiger partial charge in [-0.2, -0.15) is 0 Å². The molecule has 0 radical (unpaired) electrons. The van der Waals surface area contributed by atoms with Gasteiger partial charge in [0.15, 0.2) is 0 Å². The Balaban J connectivity index is 2.52. The summed E-state index contributed by atoms with van der Waals surface area (Å²) >= 11 is 3.49. The third kappa shape index (κ3) is 1.53. The number of hydrogen-bond acceptors (Lipinski definition) is 1. The molecule has 0 atom stereocenters. The van der Waals surface area contributed by atoms with Crippen LogP contribution in [-0.2, 0) is 5.60 Å². The van der Waals surface area contributed by atoms with Crippen molar-refractivity contribution in [1.82, 2.24) is 0 Å². The van der Waals surface area contributed by atoms with Gasteiger partial charge < -0.3 is 5.11 Å². The average Bonchev–Trinajstić information content (AvgIpc) is 2.77. The van der Waals surface area contributed by atoms with E-state index in [-0.39, 0.29) is 0 Å². The Morgan fingerprint density at radius 2 is 1.85 bits per heavy atom. The van der Waals surface area contributed by atoms with Crippen LogP contribution in [0.25, 0.3) is 0 Å². The maximum absolute atomic E-state index is 9.98. The molecule has 0 bridgehead atoms. The highest BCUT2D eigenvalue weighted by molar-refractivity contribution is 9.10. The lowest BCUT2D eigenvalue weighted by molar-refractivity contribution is 0.150. The van der Waals surface area contributed by atoms with E-state index < -0.39 is 5.60 Å². The standard InChI is InChI=1S/C11H13BrO/c1-7-5-8(2)10(12)6-9(7)11(13)3-4-11/h5-6,13H,3-4H2,1-2H3. The fourth-order valence-electron chi connectivity index (χ4n) is 1.71. The zero-order chi connectivity index (χ0) is 9.64. The number of aryl methyl sites for hydroxylation is 2. The van der Waals surface area contributed by atoms with Crippen LogP contribution in [0.2, 0.25) is 0 Å². The van der Waals surface area contributed by atoms with Crippen molar-refractivity contribution < 1.29 is 5.11 Å². The molecule has 0 aliphatic heterocycles. The molecule has 2 heteroatoms. The maximum Gasteiger partial charge on any atom is 0.0901 e. The average molecular weight is 241 g/mol. The number of halogens is 1. The Bertz CT molecular complexity index is 353. The van der Waals surface area contributed by atoms with Gasteiger partial charge >= 0.3 is 0 Å². The minimum Gasteiger partial charge on any atom is -0.385 e. The van der Waals surface area contributed by atoms with Gasteiger partial charge in [0.1, 0.15) is 0 Å². The van der Waals surface area contributed by atoms with Crippen molar-refractivity contribution in [2.75, 3.05) is 0 Å². The van der Waals surface area contributed by atoms with E-state index in [2.05, 4.69) is 41.9 Å². The third-order valence-corrected chi connectivity index (χ3v) is 3.58. The number of rotatable bonds is 1. The van der Waals surface area contributed by atoms with Crippen molar-refractivity contribution in [3.8, 4) is 0 Å². The van der Waals surface area contributed by atoms with Crippen LogP contribution < -0.4 is 0 Å². The van der Waals surface area contributed by atoms with Crippen molar-refractivity contribution in [1.29, 1.82) is 0 Å². The lowest BCUT2D eigenvalue weighted by Crippen LogP contribution is -2.06. The molecule has 1 fully saturated rings. The zero-order valence-corrected chi connectivity index (χ0v) is 9.48. The van der Waals surface area contributed by atoms with Gasteiger partial charge in [-0.1, -0.05) is 22.0 Å². The Morgan fingerprint density at radius 1 is 1.23 bits per heavy atom. The first-order valence-electron chi connectivity index (χ1n) is 4.52. The Morgan fingerprint density at radius 3 is 2.38 bits per heavy atom. The molecule has 13 heavy (non-hydrogen) atoms. The van der Waals surface area contributed by atoms with Gasteiger partial charge in [-0.3, -0.25) is 0 Å². The number of benzene rings is 1. The van der Waals surface area contributed by atoms with Gasteiger partial charge in [0, 0.05) is 4.47 Å². The first kappa shape index (κ1) is 9.22. The summed E-state index contributed by atoms with van der Waals surface area (Å²) < 4.78 is 1.09. The van der Waals surface area contributed by atoms with Crippen LogP contribution in [0.4, 0.5) is 0 Å². The van der Waals surface area contributed by atoms with Crippen LogP contribution in [0.15, 0.2) is 16.6 Å². The molecule has 0 amide bonds. The summed E-state index contributed by atoms with van der Waals surface area (Å²) in [5.74, 6) is 0. The van der Waals surface area contributed by atoms with Crippen LogP contribution >= 0.6 is 15.9 Å². The van der Waals surface area contributed by atoms with E-state index in [1.54, 1.807) is 0 Å². The molecule has 1 saturated carbocycles. The second-order valence-electron chi connectivity index (χ2n) is 3.95. The van der Waals surface area contributed by atoms with E-state index in [1.807, 2.05) is 0 Å². The fourth-order valence-corrected chi connectivity index (χ4v) is 2.06. The lowest BCUT2D eigenvalue weighted by atomic mass is 10.00. The predicted molar refractivity (Wildman–Crippen MR) is 56.7 cm³/mol. The molecule has 1 N–H and O–H groups in total. The summed E-state index contributed by atoms with van der Waals surface area (Å²) in [6.45, 7) is 4.13. The molecular weight excluding hydrogens is 228 g/mol. The SMILES string of the molecule is Cc1cc(C)c(C2(O)CC2)cc1Br. The molecule has 1 aliphatic carbocycles. The number of hydrogen-bond donors (Lipinski definition) is 1. The molecule has 0 heterocycles. The summed E-state index contributed by atoms with van der Waals surface area (Å²) in [5.41, 5.74) is 3.00. The van der Waals surface area contributed by atoms with E-state index in [4.69, 9.17) is 0 Å². The molecule has 1 aromatic rings. The van der Waals surface area contributed by atoms with Crippen LogP contribution in [-0.4, -0.2) is 5.11 Å². The predicted octanol–water partition coefficient (Wildman–Crippen LogP) is 3.05. The first-order valence-corrected chi connectivity index (χ1v) is 5.32. The molecule has 2 rings (SSSR count). The van der Waals surface area contributed by atoms with E-state index in [1.165, 1.54) is 11.1 Å². The van der Waals surface area contributed by atoms with Gasteiger partial charge in [0.05, 0.1) is 5.60 Å². The molecule has 1 aliphatic rings. The molecule has 70 valence electrons. The van der Waals surface area contributed by atoms with Crippen LogP contribution in [0.3, 0.4) is 0 Å². The van der Waals surface area contributed by atoms with Crippen molar-refractivity contribution in [3.63, 3.8) is 0 Å². The molecule has 1 aromatic carbocycles. The van der Waals surface area contributed by atoms with Gasteiger partial charge in [0.2, 0.25) is 0 Å². The molecule has 1 nitrogen and oxygen atoms in total. The number of aliphatic hydroxyl groups is 1. The van der Waals surface area contributed by atoms with Crippen molar-refractivity contribution in [3.05, 3.63) is 33.3 Å². The van der Waals surface area contributed by atoms with Crippen LogP contribution in [0, 0.1) is 13.8 Å².